The fourth-order valence-corrected chi connectivity index (χ4v) is 4.09. The average molecular weight is 404 g/mol. The minimum Gasteiger partial charge on any atom is -0.387 e. The number of anilines is 1. The SMILES string of the molecule is Nc1ncnc2c1ccn2[C@@H]1O[C@H]([C@H](O)c2ccc3c(c2)CC3(F)F)[C@@H](O)[C@H]1O. The van der Waals surface area contributed by atoms with Gasteiger partial charge in [0.1, 0.15) is 42.2 Å². The van der Waals surface area contributed by atoms with Crippen molar-refractivity contribution in [1.82, 2.24) is 14.5 Å². The summed E-state index contributed by atoms with van der Waals surface area (Å²) >= 11 is 0. The molecule has 0 bridgehead atoms. The van der Waals surface area contributed by atoms with Gasteiger partial charge in [-0.1, -0.05) is 18.2 Å². The highest BCUT2D eigenvalue weighted by molar-refractivity contribution is 5.86. The third-order valence-corrected chi connectivity index (χ3v) is 5.68. The van der Waals surface area contributed by atoms with Gasteiger partial charge in [-0.2, -0.15) is 0 Å². The molecule has 1 fully saturated rings. The minimum atomic E-state index is -2.84. The van der Waals surface area contributed by atoms with Gasteiger partial charge in [-0.3, -0.25) is 0 Å². The van der Waals surface area contributed by atoms with Crippen LogP contribution in [0.3, 0.4) is 0 Å². The van der Waals surface area contributed by atoms with Gasteiger partial charge in [0.05, 0.1) is 5.39 Å². The Morgan fingerprint density at radius 3 is 2.72 bits per heavy atom. The van der Waals surface area contributed by atoms with Crippen LogP contribution in [0.15, 0.2) is 36.8 Å². The van der Waals surface area contributed by atoms with Crippen LogP contribution in [0, 0.1) is 0 Å². The highest BCUT2D eigenvalue weighted by atomic mass is 19.3. The predicted octanol–water partition coefficient (Wildman–Crippen LogP) is 1.01. The number of alkyl halides is 2. The van der Waals surface area contributed by atoms with Crippen LogP contribution in [0.5, 0.6) is 0 Å². The van der Waals surface area contributed by atoms with E-state index in [4.69, 9.17) is 10.5 Å². The molecule has 1 aliphatic carbocycles. The van der Waals surface area contributed by atoms with E-state index in [0.717, 1.165) is 0 Å². The second kappa shape index (κ2) is 6.17. The number of benzene rings is 1. The summed E-state index contributed by atoms with van der Waals surface area (Å²) in [5, 5.41) is 32.3. The Morgan fingerprint density at radius 2 is 2.00 bits per heavy atom. The topological polar surface area (TPSA) is 127 Å². The van der Waals surface area contributed by atoms with Gasteiger partial charge < -0.3 is 30.4 Å². The first-order chi connectivity index (χ1) is 13.8. The number of ether oxygens (including phenoxy) is 1. The van der Waals surface area contributed by atoms with Crippen LogP contribution in [0.1, 0.15) is 29.0 Å². The average Bonchev–Trinajstić information content (AvgIpc) is 3.23. The zero-order valence-electron chi connectivity index (χ0n) is 15.0. The number of rotatable bonds is 3. The maximum atomic E-state index is 13.5. The smallest absolute Gasteiger partial charge is 0.277 e. The summed E-state index contributed by atoms with van der Waals surface area (Å²) in [6.07, 6.45) is -3.77. The van der Waals surface area contributed by atoms with Crippen LogP contribution in [-0.4, -0.2) is 48.2 Å². The van der Waals surface area contributed by atoms with Crippen molar-refractivity contribution >= 4 is 16.9 Å². The Labute approximate surface area is 163 Å². The van der Waals surface area contributed by atoms with Crippen LogP contribution in [0.25, 0.3) is 11.0 Å². The van der Waals surface area contributed by atoms with E-state index in [0.29, 0.717) is 22.2 Å². The second-order valence-electron chi connectivity index (χ2n) is 7.43. The Kier molecular flexibility index (Phi) is 3.91. The maximum absolute atomic E-state index is 13.5. The summed E-state index contributed by atoms with van der Waals surface area (Å²) in [7, 11) is 0. The van der Waals surface area contributed by atoms with Crippen molar-refractivity contribution in [3.8, 4) is 0 Å². The Hall–Kier alpha value is -2.66. The summed E-state index contributed by atoms with van der Waals surface area (Å²) in [6, 6.07) is 5.79. The molecule has 1 aromatic carbocycles. The summed E-state index contributed by atoms with van der Waals surface area (Å²) in [6.45, 7) is 0. The highest BCUT2D eigenvalue weighted by Crippen LogP contribution is 2.45. The van der Waals surface area contributed by atoms with E-state index in [1.54, 1.807) is 12.3 Å². The molecule has 5 rings (SSSR count). The van der Waals surface area contributed by atoms with E-state index in [9.17, 15) is 24.1 Å². The normalized spacial score (nSPS) is 28.9. The molecule has 1 saturated heterocycles. The van der Waals surface area contributed by atoms with Gasteiger partial charge in [-0.15, -0.1) is 0 Å². The van der Waals surface area contributed by atoms with E-state index >= 15 is 0 Å². The van der Waals surface area contributed by atoms with Crippen molar-refractivity contribution in [3.63, 3.8) is 0 Å². The van der Waals surface area contributed by atoms with Gasteiger partial charge in [-0.25, -0.2) is 18.7 Å². The Bertz CT molecular complexity index is 1110. The lowest BCUT2D eigenvalue weighted by molar-refractivity contribution is -0.0850. The molecule has 29 heavy (non-hydrogen) atoms. The van der Waals surface area contributed by atoms with Gasteiger partial charge in [0, 0.05) is 18.2 Å². The first kappa shape index (κ1) is 18.4. The molecule has 0 saturated carbocycles. The van der Waals surface area contributed by atoms with E-state index in [1.807, 2.05) is 0 Å². The van der Waals surface area contributed by atoms with E-state index in [2.05, 4.69) is 9.97 Å². The summed E-state index contributed by atoms with van der Waals surface area (Å²) < 4.78 is 34.2. The van der Waals surface area contributed by atoms with E-state index in [-0.39, 0.29) is 11.4 Å². The van der Waals surface area contributed by atoms with Gasteiger partial charge >= 0.3 is 0 Å². The molecule has 1 aliphatic heterocycles. The molecule has 0 unspecified atom stereocenters. The number of nitrogens with zero attached hydrogens (tertiary/aromatic N) is 3. The van der Waals surface area contributed by atoms with E-state index in [1.165, 1.54) is 29.1 Å². The number of hydrogen-bond acceptors (Lipinski definition) is 7. The first-order valence-corrected chi connectivity index (χ1v) is 9.06. The van der Waals surface area contributed by atoms with Crippen LogP contribution >= 0.6 is 0 Å². The van der Waals surface area contributed by atoms with Crippen molar-refractivity contribution in [2.75, 3.05) is 5.73 Å². The van der Waals surface area contributed by atoms with E-state index < -0.39 is 43.0 Å². The minimum absolute atomic E-state index is 0.0599. The fraction of sp³-hybridized carbons (Fsp3) is 0.368. The lowest BCUT2D eigenvalue weighted by Gasteiger charge is -2.31. The number of nitrogen functional groups attached to an aromatic ring is 1. The van der Waals surface area contributed by atoms with Crippen molar-refractivity contribution in [1.29, 1.82) is 0 Å². The lowest BCUT2D eigenvalue weighted by atomic mass is 9.82. The van der Waals surface area contributed by atoms with Gasteiger partial charge in [0.25, 0.3) is 5.92 Å². The number of nitrogens with two attached hydrogens (primary N) is 1. The standard InChI is InChI=1S/C19H18F2N4O4/c20-19(21)6-9-5-8(1-2-11(9)19)12(26)15-13(27)14(28)18(29-15)25-4-3-10-16(22)23-7-24-17(10)25/h1-5,7,12-15,18,26-28H,6H2,(H2,22,23,24)/t12-,13+,14-,15-,18-/m1/s1. The second-order valence-corrected chi connectivity index (χ2v) is 7.43. The fourth-order valence-electron chi connectivity index (χ4n) is 4.09. The summed E-state index contributed by atoms with van der Waals surface area (Å²) in [5.74, 6) is -2.58. The highest BCUT2D eigenvalue weighted by Gasteiger charge is 2.48. The summed E-state index contributed by atoms with van der Waals surface area (Å²) in [5.41, 5.74) is 6.95. The molecule has 2 aliphatic rings. The van der Waals surface area contributed by atoms with Crippen molar-refractivity contribution in [3.05, 3.63) is 53.5 Å². The van der Waals surface area contributed by atoms with Crippen molar-refractivity contribution < 1.29 is 28.8 Å². The molecular formula is C19H18F2N4O4. The number of hydrogen-bond donors (Lipinski definition) is 4. The number of halogens is 2. The molecule has 8 nitrogen and oxygen atoms in total. The molecule has 3 heterocycles. The molecular weight excluding hydrogens is 386 g/mol. The molecule has 3 aromatic rings. The number of fused-ring (bicyclic) bond motifs is 2. The zero-order chi connectivity index (χ0) is 20.5. The molecule has 2 aromatic heterocycles. The molecule has 0 amide bonds. The van der Waals surface area contributed by atoms with Crippen LogP contribution in [0.4, 0.5) is 14.6 Å². The quantitative estimate of drug-likeness (QED) is 0.513. The summed E-state index contributed by atoms with van der Waals surface area (Å²) in [4.78, 5) is 8.04. The monoisotopic (exact) mass is 404 g/mol. The molecule has 5 N–H and O–H groups in total. The Morgan fingerprint density at radius 1 is 1.21 bits per heavy atom. The van der Waals surface area contributed by atoms with Gasteiger partial charge in [0.15, 0.2) is 6.23 Å². The Balaban J connectivity index is 1.44. The number of aliphatic hydroxyl groups is 3. The van der Waals surface area contributed by atoms with Gasteiger partial charge in [0.2, 0.25) is 0 Å². The largest absolute Gasteiger partial charge is 0.387 e. The molecule has 10 heteroatoms. The molecule has 0 radical (unpaired) electrons. The predicted molar refractivity (Wildman–Crippen MR) is 96.9 cm³/mol. The maximum Gasteiger partial charge on any atom is 0.277 e. The van der Waals surface area contributed by atoms with Crippen LogP contribution in [0.2, 0.25) is 0 Å². The van der Waals surface area contributed by atoms with Crippen LogP contribution < -0.4 is 5.73 Å². The first-order valence-electron chi connectivity index (χ1n) is 9.06. The van der Waals surface area contributed by atoms with Crippen molar-refractivity contribution in [2.45, 2.75) is 43.0 Å². The van der Waals surface area contributed by atoms with Crippen molar-refractivity contribution in [2.24, 2.45) is 0 Å². The molecule has 152 valence electrons. The molecule has 5 atom stereocenters. The number of aromatic nitrogens is 3. The third kappa shape index (κ3) is 2.64. The number of aliphatic hydroxyl groups excluding tert-OH is 3. The van der Waals surface area contributed by atoms with Gasteiger partial charge in [-0.05, 0) is 17.2 Å². The molecule has 0 spiro atoms. The zero-order valence-corrected chi connectivity index (χ0v) is 15.0. The lowest BCUT2D eigenvalue weighted by Crippen LogP contribution is -2.35. The third-order valence-electron chi connectivity index (χ3n) is 5.68. The van der Waals surface area contributed by atoms with Crippen LogP contribution in [-0.2, 0) is 17.1 Å².